The Balaban J connectivity index is 1.72. The molecular weight excluding hydrogens is 374 g/mol. The van der Waals surface area contributed by atoms with Crippen molar-refractivity contribution in [2.75, 3.05) is 6.61 Å². The number of carbonyl (C=O) groups is 1. The first-order valence-electron chi connectivity index (χ1n) is 9.86. The van der Waals surface area contributed by atoms with Crippen molar-refractivity contribution in [2.45, 2.75) is 13.5 Å². The van der Waals surface area contributed by atoms with Gasteiger partial charge >= 0.3 is 5.97 Å². The third kappa shape index (κ3) is 4.10. The number of rotatable bonds is 6. The van der Waals surface area contributed by atoms with E-state index in [1.807, 2.05) is 60.3 Å². The molecule has 0 amide bonds. The molecule has 0 aliphatic rings. The summed E-state index contributed by atoms with van der Waals surface area (Å²) in [6, 6.07) is 22.4. The summed E-state index contributed by atoms with van der Waals surface area (Å²) in [5, 5.41) is 6.00. The van der Waals surface area contributed by atoms with Crippen molar-refractivity contribution < 1.29 is 9.53 Å². The second-order valence-corrected chi connectivity index (χ2v) is 7.06. The van der Waals surface area contributed by atoms with E-state index in [1.165, 1.54) is 10.8 Å². The fourth-order valence-corrected chi connectivity index (χ4v) is 3.62. The summed E-state index contributed by atoms with van der Waals surface area (Å²) in [6.07, 6.45) is 5.42. The Bertz CT molecular complexity index is 1220. The van der Waals surface area contributed by atoms with Gasteiger partial charge in [-0.15, -0.1) is 0 Å². The molecule has 0 aliphatic carbocycles. The van der Waals surface area contributed by atoms with Gasteiger partial charge < -0.3 is 15.1 Å². The lowest BCUT2D eigenvalue weighted by molar-refractivity contribution is 0.0527. The van der Waals surface area contributed by atoms with Crippen LogP contribution in [0.15, 0.2) is 84.2 Å². The smallest absolute Gasteiger partial charge is 0.340 e. The van der Waals surface area contributed by atoms with Gasteiger partial charge in [-0.3, -0.25) is 0 Å². The summed E-state index contributed by atoms with van der Waals surface area (Å²) in [4.78, 5) is 12.6. The molecule has 0 fully saturated rings. The molecular formula is C25H23N3O2. The minimum atomic E-state index is -0.331. The molecule has 4 aromatic rings. The average Bonchev–Trinajstić information content (AvgIpc) is 3.18. The number of aromatic nitrogens is 1. The van der Waals surface area contributed by atoms with E-state index in [-0.39, 0.29) is 5.97 Å². The fourth-order valence-electron chi connectivity index (χ4n) is 3.62. The Hall–Kier alpha value is -3.86. The molecule has 0 radical (unpaired) electrons. The number of hydrogen-bond donors (Lipinski definition) is 1. The summed E-state index contributed by atoms with van der Waals surface area (Å²) in [5.41, 5.74) is 4.30. The van der Waals surface area contributed by atoms with Gasteiger partial charge in [-0.25, -0.2) is 4.79 Å². The topological polar surface area (TPSA) is 69.6 Å². The zero-order valence-electron chi connectivity index (χ0n) is 16.8. The number of hydrazone groups is 1. The number of nitrogens with zero attached hydrogens (tertiary/aromatic N) is 2. The Labute approximate surface area is 175 Å². The lowest BCUT2D eigenvalue weighted by Crippen LogP contribution is -2.05. The van der Waals surface area contributed by atoms with E-state index in [0.717, 1.165) is 22.3 Å². The standard InChI is InChI=1S/C25H23N3O2/c1-2-30-25(29)24-17-28(15-19-10-11-20-7-3-4-8-21(20)13-19)16-23(24)22-9-5-6-18(12-22)14-27-26/h3-14,16-17H,2,15,26H2,1H3/b27-14-. The molecule has 4 rings (SSSR count). The van der Waals surface area contributed by atoms with Crippen molar-refractivity contribution >= 4 is 23.0 Å². The van der Waals surface area contributed by atoms with Crippen LogP contribution in [-0.2, 0) is 11.3 Å². The van der Waals surface area contributed by atoms with Crippen LogP contribution in [0.1, 0.15) is 28.4 Å². The molecule has 5 nitrogen and oxygen atoms in total. The summed E-state index contributed by atoms with van der Waals surface area (Å²) in [6.45, 7) is 2.79. The maximum atomic E-state index is 12.6. The fraction of sp³-hybridized carbons (Fsp3) is 0.120. The number of esters is 1. The number of benzene rings is 3. The molecule has 3 aromatic carbocycles. The molecule has 1 aromatic heterocycles. The van der Waals surface area contributed by atoms with Gasteiger partial charge in [0.2, 0.25) is 0 Å². The van der Waals surface area contributed by atoms with Gasteiger partial charge in [-0.05, 0) is 46.5 Å². The van der Waals surface area contributed by atoms with Gasteiger partial charge in [0.15, 0.2) is 0 Å². The van der Waals surface area contributed by atoms with E-state index in [2.05, 4.69) is 35.4 Å². The van der Waals surface area contributed by atoms with Crippen LogP contribution in [0.2, 0.25) is 0 Å². The molecule has 0 saturated carbocycles. The van der Waals surface area contributed by atoms with E-state index >= 15 is 0 Å². The lowest BCUT2D eigenvalue weighted by Gasteiger charge is -2.05. The Morgan fingerprint density at radius 2 is 1.87 bits per heavy atom. The van der Waals surface area contributed by atoms with E-state index in [9.17, 15) is 4.79 Å². The van der Waals surface area contributed by atoms with Crippen molar-refractivity contribution in [1.82, 2.24) is 4.57 Å². The molecule has 2 N–H and O–H groups in total. The van der Waals surface area contributed by atoms with Crippen molar-refractivity contribution in [3.05, 3.63) is 95.8 Å². The normalized spacial score (nSPS) is 11.2. The molecule has 150 valence electrons. The van der Waals surface area contributed by atoms with E-state index in [1.54, 1.807) is 6.21 Å². The van der Waals surface area contributed by atoms with Crippen molar-refractivity contribution in [2.24, 2.45) is 10.9 Å². The lowest BCUT2D eigenvalue weighted by atomic mass is 10.0. The number of ether oxygens (including phenoxy) is 1. The largest absolute Gasteiger partial charge is 0.462 e. The first-order chi connectivity index (χ1) is 14.7. The minimum absolute atomic E-state index is 0.327. The van der Waals surface area contributed by atoms with Crippen LogP contribution in [0.4, 0.5) is 0 Å². The first-order valence-corrected chi connectivity index (χ1v) is 9.86. The van der Waals surface area contributed by atoms with Gasteiger partial charge in [0, 0.05) is 24.5 Å². The number of carbonyl (C=O) groups excluding carboxylic acids is 1. The molecule has 0 atom stereocenters. The molecule has 0 bridgehead atoms. The SMILES string of the molecule is CCOC(=O)c1cn(Cc2ccc3ccccc3c2)cc1-c1cccc(/C=N\N)c1. The summed E-state index contributed by atoms with van der Waals surface area (Å²) >= 11 is 0. The molecule has 0 unspecified atom stereocenters. The number of nitrogens with two attached hydrogens (primary N) is 1. The van der Waals surface area contributed by atoms with E-state index < -0.39 is 0 Å². The zero-order chi connectivity index (χ0) is 20.9. The quantitative estimate of drug-likeness (QED) is 0.219. The maximum absolute atomic E-state index is 12.6. The maximum Gasteiger partial charge on any atom is 0.340 e. The monoisotopic (exact) mass is 397 g/mol. The Morgan fingerprint density at radius 3 is 2.67 bits per heavy atom. The van der Waals surface area contributed by atoms with E-state index in [0.29, 0.717) is 18.7 Å². The Kier molecular flexibility index (Phi) is 5.61. The molecule has 0 saturated heterocycles. The molecule has 0 aliphatic heterocycles. The molecule has 5 heteroatoms. The van der Waals surface area contributed by atoms with Crippen LogP contribution in [0.3, 0.4) is 0 Å². The van der Waals surface area contributed by atoms with E-state index in [4.69, 9.17) is 10.6 Å². The summed E-state index contributed by atoms with van der Waals surface area (Å²) in [7, 11) is 0. The van der Waals surface area contributed by atoms with Gasteiger partial charge in [-0.2, -0.15) is 5.10 Å². The highest BCUT2D eigenvalue weighted by atomic mass is 16.5. The van der Waals surface area contributed by atoms with Gasteiger partial charge in [-0.1, -0.05) is 54.6 Å². The molecule has 30 heavy (non-hydrogen) atoms. The number of fused-ring (bicyclic) bond motifs is 1. The van der Waals surface area contributed by atoms with Crippen LogP contribution < -0.4 is 5.84 Å². The summed E-state index contributed by atoms with van der Waals surface area (Å²) < 4.78 is 7.31. The highest BCUT2D eigenvalue weighted by Gasteiger charge is 2.17. The van der Waals surface area contributed by atoms with Crippen LogP contribution in [0.25, 0.3) is 21.9 Å². The average molecular weight is 397 g/mol. The first kappa shape index (κ1) is 19.5. The molecule has 1 heterocycles. The number of hydrogen-bond acceptors (Lipinski definition) is 4. The van der Waals surface area contributed by atoms with Crippen LogP contribution in [-0.4, -0.2) is 23.4 Å². The van der Waals surface area contributed by atoms with Gasteiger partial charge in [0.25, 0.3) is 0 Å². The van der Waals surface area contributed by atoms with Crippen LogP contribution >= 0.6 is 0 Å². The van der Waals surface area contributed by atoms with Gasteiger partial charge in [0.05, 0.1) is 18.4 Å². The van der Waals surface area contributed by atoms with Crippen molar-refractivity contribution in [1.29, 1.82) is 0 Å². The van der Waals surface area contributed by atoms with Crippen molar-refractivity contribution in [3.8, 4) is 11.1 Å². The predicted octanol–water partition coefficient (Wildman–Crippen LogP) is 4.83. The van der Waals surface area contributed by atoms with Crippen LogP contribution in [0.5, 0.6) is 0 Å². The molecule has 0 spiro atoms. The second kappa shape index (κ2) is 8.66. The van der Waals surface area contributed by atoms with Crippen LogP contribution in [0, 0.1) is 0 Å². The third-order valence-corrected chi connectivity index (χ3v) is 4.98. The summed E-state index contributed by atoms with van der Waals surface area (Å²) in [5.74, 6) is 4.96. The Morgan fingerprint density at radius 1 is 1.03 bits per heavy atom. The van der Waals surface area contributed by atoms with Gasteiger partial charge in [0.1, 0.15) is 0 Å². The third-order valence-electron chi connectivity index (χ3n) is 4.98. The van der Waals surface area contributed by atoms with Crippen molar-refractivity contribution in [3.63, 3.8) is 0 Å². The predicted molar refractivity (Wildman–Crippen MR) is 121 cm³/mol. The highest BCUT2D eigenvalue weighted by Crippen LogP contribution is 2.27. The highest BCUT2D eigenvalue weighted by molar-refractivity contribution is 5.98. The zero-order valence-corrected chi connectivity index (χ0v) is 16.8. The minimum Gasteiger partial charge on any atom is -0.462 e. The second-order valence-electron chi connectivity index (χ2n) is 7.06.